The third kappa shape index (κ3) is 3.14. The van der Waals surface area contributed by atoms with Crippen molar-refractivity contribution in [2.45, 2.75) is 6.42 Å². The van der Waals surface area contributed by atoms with E-state index in [1.807, 2.05) is 12.1 Å². The van der Waals surface area contributed by atoms with Gasteiger partial charge in [0.25, 0.3) is 0 Å². The number of hydrogen-bond acceptors (Lipinski definition) is 2. The monoisotopic (exact) mass is 301 g/mol. The Bertz CT molecular complexity index is 849. The molecule has 0 radical (unpaired) electrons. The molecule has 1 aromatic heterocycles. The van der Waals surface area contributed by atoms with Gasteiger partial charge in [-0.05, 0) is 35.9 Å². The summed E-state index contributed by atoms with van der Waals surface area (Å²) in [6.07, 6.45) is 0.263. The molecule has 0 bridgehead atoms. The highest BCUT2D eigenvalue weighted by Gasteiger charge is 2.06. The van der Waals surface area contributed by atoms with E-state index in [1.165, 1.54) is 0 Å². The van der Waals surface area contributed by atoms with Crippen LogP contribution in [0.1, 0.15) is 5.56 Å². The maximum atomic E-state index is 12.0. The lowest BCUT2D eigenvalue weighted by Gasteiger charge is -2.05. The second kappa shape index (κ2) is 5.46. The lowest BCUT2D eigenvalue weighted by atomic mass is 10.1. The molecule has 106 valence electrons. The molecule has 1 amide bonds. The van der Waals surface area contributed by atoms with Crippen LogP contribution in [0.15, 0.2) is 47.3 Å². The van der Waals surface area contributed by atoms with E-state index in [0.29, 0.717) is 21.7 Å². The van der Waals surface area contributed by atoms with Gasteiger partial charge in [-0.25, -0.2) is 4.79 Å². The van der Waals surface area contributed by atoms with Gasteiger partial charge < -0.3 is 15.3 Å². The Kier molecular flexibility index (Phi) is 3.50. The summed E-state index contributed by atoms with van der Waals surface area (Å²) in [4.78, 5) is 28.5. The molecule has 3 N–H and O–H groups in total. The number of carbonyl (C=O) groups excluding carboxylic acids is 1. The van der Waals surface area contributed by atoms with Gasteiger partial charge in [0.1, 0.15) is 0 Å². The number of fused-ring (bicyclic) bond motifs is 1. The molecule has 1 heterocycles. The van der Waals surface area contributed by atoms with Gasteiger partial charge in [-0.1, -0.05) is 23.7 Å². The van der Waals surface area contributed by atoms with Gasteiger partial charge in [0, 0.05) is 10.7 Å². The molecule has 0 aliphatic heterocycles. The number of H-pyrrole nitrogens is 2. The van der Waals surface area contributed by atoms with Crippen LogP contribution >= 0.6 is 11.6 Å². The normalized spacial score (nSPS) is 10.7. The molecule has 2 aromatic carbocycles. The highest BCUT2D eigenvalue weighted by molar-refractivity contribution is 6.30. The van der Waals surface area contributed by atoms with Gasteiger partial charge in [0.15, 0.2) is 0 Å². The number of imidazole rings is 1. The van der Waals surface area contributed by atoms with E-state index in [-0.39, 0.29) is 18.0 Å². The van der Waals surface area contributed by atoms with Gasteiger partial charge in [-0.2, -0.15) is 0 Å². The number of rotatable bonds is 3. The predicted octanol–water partition coefficient (Wildman–Crippen LogP) is 2.69. The Hall–Kier alpha value is -2.53. The summed E-state index contributed by atoms with van der Waals surface area (Å²) >= 11 is 5.80. The number of carbonyl (C=O) groups is 1. The highest BCUT2D eigenvalue weighted by Crippen LogP contribution is 2.15. The average molecular weight is 302 g/mol. The van der Waals surface area contributed by atoms with E-state index < -0.39 is 0 Å². The zero-order valence-corrected chi connectivity index (χ0v) is 11.7. The third-order valence-electron chi connectivity index (χ3n) is 3.08. The van der Waals surface area contributed by atoms with Crippen molar-refractivity contribution in [1.82, 2.24) is 9.97 Å². The van der Waals surface area contributed by atoms with E-state index in [1.54, 1.807) is 30.3 Å². The smallest absolute Gasteiger partial charge is 0.323 e. The van der Waals surface area contributed by atoms with E-state index in [2.05, 4.69) is 15.3 Å². The maximum Gasteiger partial charge on any atom is 0.323 e. The minimum Gasteiger partial charge on any atom is -0.326 e. The highest BCUT2D eigenvalue weighted by atomic mass is 35.5. The first-order chi connectivity index (χ1) is 10.1. The molecule has 0 aliphatic carbocycles. The SMILES string of the molecule is O=C(Cc1ccc(Cl)cc1)Nc1ccc2[nH]c(=O)[nH]c2c1. The molecule has 0 saturated heterocycles. The summed E-state index contributed by atoms with van der Waals surface area (Å²) in [5.74, 6) is -0.130. The lowest BCUT2D eigenvalue weighted by Crippen LogP contribution is -2.14. The molecule has 0 atom stereocenters. The molecular weight excluding hydrogens is 290 g/mol. The number of nitrogens with one attached hydrogen (secondary N) is 3. The van der Waals surface area contributed by atoms with Crippen LogP contribution in [0.5, 0.6) is 0 Å². The molecule has 6 heteroatoms. The third-order valence-corrected chi connectivity index (χ3v) is 3.33. The first kappa shape index (κ1) is 13.5. The molecule has 21 heavy (non-hydrogen) atoms. The van der Waals surface area contributed by atoms with Crippen molar-refractivity contribution in [3.8, 4) is 0 Å². The summed E-state index contributed by atoms with van der Waals surface area (Å²) in [5, 5.41) is 3.44. The van der Waals surface area contributed by atoms with E-state index in [4.69, 9.17) is 11.6 Å². The Morgan fingerprint density at radius 3 is 2.52 bits per heavy atom. The number of halogens is 1. The average Bonchev–Trinajstić information content (AvgIpc) is 2.80. The van der Waals surface area contributed by atoms with Gasteiger partial charge in [0.05, 0.1) is 17.5 Å². The summed E-state index contributed by atoms with van der Waals surface area (Å²) in [7, 11) is 0. The van der Waals surface area contributed by atoms with Crippen LogP contribution in [-0.2, 0) is 11.2 Å². The predicted molar refractivity (Wildman–Crippen MR) is 82.7 cm³/mol. The van der Waals surface area contributed by atoms with Gasteiger partial charge in [-0.3, -0.25) is 4.79 Å². The summed E-state index contributed by atoms with van der Waals surface area (Å²) in [5.41, 5.74) is 2.61. The second-order valence-corrected chi connectivity index (χ2v) is 5.13. The van der Waals surface area contributed by atoms with Crippen molar-refractivity contribution in [3.05, 3.63) is 63.5 Å². The number of aromatic amines is 2. The Labute approximate surface area is 125 Å². The largest absolute Gasteiger partial charge is 0.326 e. The molecule has 0 spiro atoms. The Morgan fingerprint density at radius 2 is 1.76 bits per heavy atom. The van der Waals surface area contributed by atoms with Crippen LogP contribution in [0.3, 0.4) is 0 Å². The first-order valence-corrected chi connectivity index (χ1v) is 6.74. The summed E-state index contributed by atoms with van der Waals surface area (Å²) in [6, 6.07) is 12.3. The molecule has 3 aromatic rings. The first-order valence-electron chi connectivity index (χ1n) is 6.36. The van der Waals surface area contributed by atoms with Crippen molar-refractivity contribution in [1.29, 1.82) is 0 Å². The zero-order valence-electron chi connectivity index (χ0n) is 10.9. The van der Waals surface area contributed by atoms with Gasteiger partial charge in [0.2, 0.25) is 5.91 Å². The van der Waals surface area contributed by atoms with Crippen molar-refractivity contribution in [2.75, 3.05) is 5.32 Å². The molecular formula is C15H12ClN3O2. The number of anilines is 1. The number of amides is 1. The van der Waals surface area contributed by atoms with Crippen LogP contribution in [0.2, 0.25) is 5.02 Å². The van der Waals surface area contributed by atoms with E-state index in [0.717, 1.165) is 5.56 Å². The van der Waals surface area contributed by atoms with Crippen molar-refractivity contribution in [2.24, 2.45) is 0 Å². The molecule has 3 rings (SSSR count). The molecule has 0 fully saturated rings. The minimum absolute atomic E-state index is 0.130. The maximum absolute atomic E-state index is 12.0. The quantitative estimate of drug-likeness (QED) is 0.695. The summed E-state index contributed by atoms with van der Waals surface area (Å²) in [6.45, 7) is 0. The summed E-state index contributed by atoms with van der Waals surface area (Å²) < 4.78 is 0. The van der Waals surface area contributed by atoms with Crippen LogP contribution in [-0.4, -0.2) is 15.9 Å². The standard InChI is InChI=1S/C15H12ClN3O2/c16-10-3-1-9(2-4-10)7-14(20)17-11-5-6-12-13(8-11)19-15(21)18-12/h1-6,8H,7H2,(H,17,20)(H2,18,19,21). The van der Waals surface area contributed by atoms with Crippen LogP contribution < -0.4 is 11.0 Å². The van der Waals surface area contributed by atoms with Crippen LogP contribution in [0.4, 0.5) is 5.69 Å². The molecule has 0 aliphatic rings. The van der Waals surface area contributed by atoms with Gasteiger partial charge >= 0.3 is 5.69 Å². The second-order valence-electron chi connectivity index (χ2n) is 4.69. The van der Waals surface area contributed by atoms with Crippen molar-refractivity contribution in [3.63, 3.8) is 0 Å². The Balaban J connectivity index is 1.73. The number of hydrogen-bond donors (Lipinski definition) is 3. The minimum atomic E-state index is -0.269. The Morgan fingerprint density at radius 1 is 1.05 bits per heavy atom. The van der Waals surface area contributed by atoms with E-state index >= 15 is 0 Å². The molecule has 0 saturated carbocycles. The number of benzene rings is 2. The fourth-order valence-corrected chi connectivity index (χ4v) is 2.23. The lowest BCUT2D eigenvalue weighted by molar-refractivity contribution is -0.115. The van der Waals surface area contributed by atoms with E-state index in [9.17, 15) is 9.59 Å². The van der Waals surface area contributed by atoms with Gasteiger partial charge in [-0.15, -0.1) is 0 Å². The van der Waals surface area contributed by atoms with Crippen molar-refractivity contribution < 1.29 is 4.79 Å². The fraction of sp³-hybridized carbons (Fsp3) is 0.0667. The fourth-order valence-electron chi connectivity index (χ4n) is 2.10. The number of aromatic nitrogens is 2. The zero-order chi connectivity index (χ0) is 14.8. The van der Waals surface area contributed by atoms with Crippen LogP contribution in [0, 0.1) is 0 Å². The van der Waals surface area contributed by atoms with Crippen molar-refractivity contribution >= 4 is 34.2 Å². The molecule has 0 unspecified atom stereocenters. The van der Waals surface area contributed by atoms with Crippen LogP contribution in [0.25, 0.3) is 11.0 Å². The molecule has 5 nitrogen and oxygen atoms in total. The topological polar surface area (TPSA) is 77.8 Å².